The zero-order valence-corrected chi connectivity index (χ0v) is 12.7. The highest BCUT2D eigenvalue weighted by Gasteiger charge is 2.39. The van der Waals surface area contributed by atoms with Crippen LogP contribution in [0.2, 0.25) is 0 Å². The van der Waals surface area contributed by atoms with Crippen LogP contribution in [0.3, 0.4) is 0 Å². The molecule has 0 amide bonds. The Balaban J connectivity index is 2.58. The van der Waals surface area contributed by atoms with Crippen molar-refractivity contribution in [1.29, 1.82) is 0 Å². The summed E-state index contributed by atoms with van der Waals surface area (Å²) in [7, 11) is 1.80. The molecule has 0 bridgehead atoms. The maximum atomic E-state index is 5.23. The minimum Gasteiger partial charge on any atom is -0.385 e. The van der Waals surface area contributed by atoms with E-state index in [4.69, 9.17) is 4.74 Å². The molecule has 3 heteroatoms. The lowest BCUT2D eigenvalue weighted by atomic mass is 9.85. The molecule has 1 N–H and O–H groups in total. The zero-order chi connectivity index (χ0) is 12.7. The minimum absolute atomic E-state index is 0.433. The smallest absolute Gasteiger partial charge is 0.0465 e. The summed E-state index contributed by atoms with van der Waals surface area (Å²) in [6.45, 7) is 9.08. The summed E-state index contributed by atoms with van der Waals surface area (Å²) in [5.41, 5.74) is 0. The van der Waals surface area contributed by atoms with Crippen LogP contribution in [0.4, 0.5) is 0 Å². The van der Waals surface area contributed by atoms with Crippen molar-refractivity contribution in [2.24, 2.45) is 5.92 Å². The first-order valence-electron chi connectivity index (χ1n) is 7.00. The fraction of sp³-hybridized carbons (Fsp3) is 1.00. The van der Waals surface area contributed by atoms with Gasteiger partial charge in [-0.25, -0.2) is 0 Å². The molecule has 0 radical (unpaired) electrons. The summed E-state index contributed by atoms with van der Waals surface area (Å²) in [6, 6.07) is 0.630. The van der Waals surface area contributed by atoms with Gasteiger partial charge in [0.15, 0.2) is 0 Å². The first-order chi connectivity index (χ1) is 8.14. The van der Waals surface area contributed by atoms with Crippen LogP contribution < -0.4 is 5.32 Å². The van der Waals surface area contributed by atoms with E-state index in [-0.39, 0.29) is 0 Å². The van der Waals surface area contributed by atoms with Crippen molar-refractivity contribution in [1.82, 2.24) is 5.32 Å². The van der Waals surface area contributed by atoms with Crippen LogP contribution in [0.25, 0.3) is 0 Å². The van der Waals surface area contributed by atoms with E-state index in [0.717, 1.165) is 19.6 Å². The quantitative estimate of drug-likeness (QED) is 0.722. The van der Waals surface area contributed by atoms with Crippen molar-refractivity contribution in [2.45, 2.75) is 57.2 Å². The predicted molar refractivity (Wildman–Crippen MR) is 77.8 cm³/mol. The summed E-state index contributed by atoms with van der Waals surface area (Å²) in [5, 5.41) is 3.78. The Kier molecular flexibility index (Phi) is 6.90. The van der Waals surface area contributed by atoms with Gasteiger partial charge >= 0.3 is 0 Å². The Labute approximate surface area is 111 Å². The molecule has 1 aliphatic rings. The van der Waals surface area contributed by atoms with E-state index in [1.54, 1.807) is 7.11 Å². The standard InChI is InChI=1S/C14H29NOS/c1-5-9-15-13(12(2)7-10-16-4)14(3)8-6-11-17-14/h12-13,15H,5-11H2,1-4H3. The molecule has 17 heavy (non-hydrogen) atoms. The Hall–Kier alpha value is 0.270. The van der Waals surface area contributed by atoms with Crippen LogP contribution in [-0.4, -0.2) is 36.8 Å². The number of methoxy groups -OCH3 is 1. The molecule has 1 aliphatic heterocycles. The molecule has 1 heterocycles. The highest BCUT2D eigenvalue weighted by atomic mass is 32.2. The molecule has 1 saturated heterocycles. The Morgan fingerprint density at radius 3 is 2.76 bits per heavy atom. The van der Waals surface area contributed by atoms with Gasteiger partial charge in [0.05, 0.1) is 0 Å². The average Bonchev–Trinajstić information content (AvgIpc) is 2.74. The van der Waals surface area contributed by atoms with E-state index >= 15 is 0 Å². The first-order valence-corrected chi connectivity index (χ1v) is 7.99. The second-order valence-electron chi connectivity index (χ2n) is 5.46. The Bertz CT molecular complexity index is 204. The second kappa shape index (κ2) is 7.65. The zero-order valence-electron chi connectivity index (χ0n) is 11.9. The molecule has 102 valence electrons. The Morgan fingerprint density at radius 1 is 1.47 bits per heavy atom. The fourth-order valence-electron chi connectivity index (χ4n) is 2.84. The fourth-order valence-corrected chi connectivity index (χ4v) is 4.37. The van der Waals surface area contributed by atoms with Crippen molar-refractivity contribution in [3.8, 4) is 0 Å². The lowest BCUT2D eigenvalue weighted by molar-refractivity contribution is 0.163. The summed E-state index contributed by atoms with van der Waals surface area (Å²) < 4.78 is 5.66. The number of rotatable bonds is 8. The molecular weight excluding hydrogens is 230 g/mol. The molecular formula is C14H29NOS. The maximum Gasteiger partial charge on any atom is 0.0465 e. The van der Waals surface area contributed by atoms with Crippen molar-refractivity contribution < 1.29 is 4.74 Å². The lowest BCUT2D eigenvalue weighted by Crippen LogP contribution is -2.50. The highest BCUT2D eigenvalue weighted by molar-refractivity contribution is 8.00. The topological polar surface area (TPSA) is 21.3 Å². The highest BCUT2D eigenvalue weighted by Crippen LogP contribution is 2.43. The number of hydrogen-bond donors (Lipinski definition) is 1. The molecule has 2 nitrogen and oxygen atoms in total. The SMILES string of the molecule is CCCNC(C(C)CCOC)C1(C)CCCS1. The first kappa shape index (κ1) is 15.3. The van der Waals surface area contributed by atoms with Crippen LogP contribution in [0.15, 0.2) is 0 Å². The van der Waals surface area contributed by atoms with Crippen LogP contribution in [-0.2, 0) is 4.74 Å². The van der Waals surface area contributed by atoms with Crippen LogP contribution >= 0.6 is 11.8 Å². The van der Waals surface area contributed by atoms with Crippen LogP contribution in [0, 0.1) is 5.92 Å². The van der Waals surface area contributed by atoms with Gasteiger partial charge in [-0.15, -0.1) is 0 Å². The van der Waals surface area contributed by atoms with Gasteiger partial charge in [0, 0.05) is 24.5 Å². The van der Waals surface area contributed by atoms with Gasteiger partial charge in [0.2, 0.25) is 0 Å². The number of hydrogen-bond acceptors (Lipinski definition) is 3. The third-order valence-corrected chi connectivity index (χ3v) is 5.48. The molecule has 0 aromatic heterocycles. The maximum absolute atomic E-state index is 5.23. The van der Waals surface area contributed by atoms with Crippen molar-refractivity contribution in [2.75, 3.05) is 26.0 Å². The molecule has 1 rings (SSSR count). The summed E-state index contributed by atoms with van der Waals surface area (Å²) in [4.78, 5) is 0. The normalized spacial score (nSPS) is 28.2. The van der Waals surface area contributed by atoms with Gasteiger partial charge in [-0.05, 0) is 50.8 Å². The van der Waals surface area contributed by atoms with Gasteiger partial charge in [-0.2, -0.15) is 11.8 Å². The molecule has 0 saturated carbocycles. The molecule has 0 aliphatic carbocycles. The van der Waals surface area contributed by atoms with Gasteiger partial charge in [0.25, 0.3) is 0 Å². The van der Waals surface area contributed by atoms with Gasteiger partial charge in [-0.3, -0.25) is 0 Å². The van der Waals surface area contributed by atoms with Gasteiger partial charge in [-0.1, -0.05) is 13.8 Å². The third-order valence-electron chi connectivity index (χ3n) is 3.87. The largest absolute Gasteiger partial charge is 0.385 e. The van der Waals surface area contributed by atoms with Crippen molar-refractivity contribution >= 4 is 11.8 Å². The average molecular weight is 259 g/mol. The number of thioether (sulfide) groups is 1. The van der Waals surface area contributed by atoms with Gasteiger partial charge in [0.1, 0.15) is 0 Å². The van der Waals surface area contributed by atoms with Crippen molar-refractivity contribution in [3.63, 3.8) is 0 Å². The molecule has 0 spiro atoms. The minimum atomic E-state index is 0.433. The molecule has 1 fully saturated rings. The molecule has 3 unspecified atom stereocenters. The van der Waals surface area contributed by atoms with E-state index in [1.165, 1.54) is 25.0 Å². The van der Waals surface area contributed by atoms with Gasteiger partial charge < -0.3 is 10.1 Å². The molecule has 0 aromatic carbocycles. The predicted octanol–water partition coefficient (Wildman–Crippen LogP) is 3.31. The van der Waals surface area contributed by atoms with Crippen LogP contribution in [0.1, 0.15) is 46.5 Å². The lowest BCUT2D eigenvalue weighted by Gasteiger charge is -2.38. The van der Waals surface area contributed by atoms with E-state index in [9.17, 15) is 0 Å². The summed E-state index contributed by atoms with van der Waals surface area (Å²) >= 11 is 2.16. The Morgan fingerprint density at radius 2 is 2.24 bits per heavy atom. The van der Waals surface area contributed by atoms with Crippen molar-refractivity contribution in [3.05, 3.63) is 0 Å². The van der Waals surface area contributed by atoms with E-state index in [2.05, 4.69) is 37.8 Å². The molecule has 0 aromatic rings. The van der Waals surface area contributed by atoms with E-state index < -0.39 is 0 Å². The third kappa shape index (κ3) is 4.46. The monoisotopic (exact) mass is 259 g/mol. The number of ether oxygens (including phenoxy) is 1. The summed E-state index contributed by atoms with van der Waals surface area (Å²) in [6.07, 6.45) is 5.11. The van der Waals surface area contributed by atoms with E-state index in [0.29, 0.717) is 16.7 Å². The molecule has 3 atom stereocenters. The summed E-state index contributed by atoms with van der Waals surface area (Å²) in [5.74, 6) is 2.02. The number of nitrogens with one attached hydrogen (secondary N) is 1. The second-order valence-corrected chi connectivity index (χ2v) is 7.08. The van der Waals surface area contributed by atoms with E-state index in [1.807, 2.05) is 0 Å². The van der Waals surface area contributed by atoms with Crippen LogP contribution in [0.5, 0.6) is 0 Å².